The van der Waals surface area contributed by atoms with Crippen LogP contribution in [-0.4, -0.2) is 54.5 Å². The van der Waals surface area contributed by atoms with E-state index in [1.807, 2.05) is 47.2 Å². The molecule has 9 heteroatoms. The lowest BCUT2D eigenvalue weighted by Crippen LogP contribution is -2.46. The number of carbonyl (C=O) groups is 2. The molecule has 1 aromatic carbocycles. The molecule has 1 saturated heterocycles. The molecule has 1 atom stereocenters. The number of furan rings is 1. The lowest BCUT2D eigenvalue weighted by Gasteiger charge is -2.33. The molecule has 0 aliphatic carbocycles. The molecule has 5 rings (SSSR count). The van der Waals surface area contributed by atoms with E-state index in [-0.39, 0.29) is 17.9 Å². The standard InChI is InChI=1S/C26H27N3O4S2/c1-32-26(31)20-8-4-5-12-29(20)13-6-11-27-24(30)23-18(10-14-34-23)25-28-19(16-35-25)22-15-17-7-2-3-9-21(17)33-22/h2-3,7,9-10,14-16,20H,4-6,8,11-13H2,1H3,(H,27,30). The van der Waals surface area contributed by atoms with Crippen molar-refractivity contribution in [2.45, 2.75) is 31.7 Å². The van der Waals surface area contributed by atoms with Crippen molar-refractivity contribution >= 4 is 45.5 Å². The summed E-state index contributed by atoms with van der Waals surface area (Å²) >= 11 is 2.92. The third-order valence-corrected chi connectivity index (χ3v) is 8.07. The first-order valence-electron chi connectivity index (χ1n) is 11.8. The Morgan fingerprint density at radius 2 is 2.11 bits per heavy atom. The van der Waals surface area contributed by atoms with Gasteiger partial charge in [-0.05, 0) is 49.4 Å². The first kappa shape index (κ1) is 23.7. The molecule has 1 amide bonds. The number of esters is 1. The van der Waals surface area contributed by atoms with Gasteiger partial charge in [-0.1, -0.05) is 24.6 Å². The molecule has 1 N–H and O–H groups in total. The van der Waals surface area contributed by atoms with Crippen molar-refractivity contribution in [1.82, 2.24) is 15.2 Å². The van der Waals surface area contributed by atoms with E-state index >= 15 is 0 Å². The molecule has 35 heavy (non-hydrogen) atoms. The maximum Gasteiger partial charge on any atom is 0.323 e. The number of amides is 1. The molecule has 4 aromatic rings. The van der Waals surface area contributed by atoms with Crippen molar-refractivity contribution in [1.29, 1.82) is 0 Å². The summed E-state index contributed by atoms with van der Waals surface area (Å²) in [6.07, 6.45) is 3.74. The summed E-state index contributed by atoms with van der Waals surface area (Å²) in [5.41, 5.74) is 2.43. The van der Waals surface area contributed by atoms with Gasteiger partial charge >= 0.3 is 5.97 Å². The fourth-order valence-electron chi connectivity index (χ4n) is 4.50. The van der Waals surface area contributed by atoms with Gasteiger partial charge in [0.05, 0.1) is 7.11 Å². The van der Waals surface area contributed by atoms with Gasteiger partial charge in [0.25, 0.3) is 5.91 Å². The Hall–Kier alpha value is -3.01. The number of thiazole rings is 1. The van der Waals surface area contributed by atoms with Crippen LogP contribution in [0.25, 0.3) is 33.0 Å². The number of nitrogens with zero attached hydrogens (tertiary/aromatic N) is 2. The van der Waals surface area contributed by atoms with Gasteiger partial charge in [-0.25, -0.2) is 4.98 Å². The van der Waals surface area contributed by atoms with E-state index in [9.17, 15) is 9.59 Å². The van der Waals surface area contributed by atoms with E-state index in [2.05, 4.69) is 10.2 Å². The first-order valence-corrected chi connectivity index (χ1v) is 13.5. The lowest BCUT2D eigenvalue weighted by molar-refractivity contribution is -0.148. The highest BCUT2D eigenvalue weighted by Gasteiger charge is 2.29. The minimum Gasteiger partial charge on any atom is -0.468 e. The van der Waals surface area contributed by atoms with Crippen LogP contribution >= 0.6 is 22.7 Å². The Bertz CT molecular complexity index is 1290. The number of likely N-dealkylation sites (tertiary alicyclic amines) is 1. The average Bonchev–Trinajstić information content (AvgIpc) is 3.64. The number of thiophene rings is 1. The van der Waals surface area contributed by atoms with Crippen LogP contribution in [0, 0.1) is 0 Å². The number of hydrogen-bond acceptors (Lipinski definition) is 8. The van der Waals surface area contributed by atoms with Crippen molar-refractivity contribution in [3.8, 4) is 22.0 Å². The summed E-state index contributed by atoms with van der Waals surface area (Å²) in [5, 5.41) is 8.74. The van der Waals surface area contributed by atoms with Gasteiger partial charge in [-0.3, -0.25) is 14.5 Å². The quantitative estimate of drug-likeness (QED) is 0.252. The van der Waals surface area contributed by atoms with Crippen molar-refractivity contribution in [2.24, 2.45) is 0 Å². The van der Waals surface area contributed by atoms with E-state index in [1.165, 1.54) is 29.8 Å². The Labute approximate surface area is 211 Å². The highest BCUT2D eigenvalue weighted by atomic mass is 32.1. The molecule has 0 saturated carbocycles. The minimum absolute atomic E-state index is 0.0985. The van der Waals surface area contributed by atoms with E-state index in [0.29, 0.717) is 11.4 Å². The molecule has 0 bridgehead atoms. The number of piperidine rings is 1. The van der Waals surface area contributed by atoms with Crippen LogP contribution in [0.4, 0.5) is 0 Å². The Morgan fingerprint density at radius 3 is 2.97 bits per heavy atom. The Balaban J connectivity index is 1.20. The van der Waals surface area contributed by atoms with Crippen molar-refractivity contribution < 1.29 is 18.7 Å². The van der Waals surface area contributed by atoms with Crippen molar-refractivity contribution in [3.63, 3.8) is 0 Å². The normalized spacial score (nSPS) is 16.4. The molecule has 0 spiro atoms. The fourth-order valence-corrected chi connectivity index (χ4v) is 6.21. The smallest absolute Gasteiger partial charge is 0.323 e. The second-order valence-electron chi connectivity index (χ2n) is 8.53. The number of para-hydroxylation sites is 1. The zero-order valence-electron chi connectivity index (χ0n) is 19.5. The predicted molar refractivity (Wildman–Crippen MR) is 139 cm³/mol. The third kappa shape index (κ3) is 5.17. The summed E-state index contributed by atoms with van der Waals surface area (Å²) < 4.78 is 10.9. The maximum atomic E-state index is 12.9. The molecule has 1 aliphatic rings. The van der Waals surface area contributed by atoms with Gasteiger partial charge in [0.1, 0.15) is 27.2 Å². The summed E-state index contributed by atoms with van der Waals surface area (Å²) in [6.45, 7) is 2.19. The SMILES string of the molecule is COC(=O)C1CCCCN1CCCNC(=O)c1sccc1-c1nc(-c2cc3ccccc3o2)cs1. The van der Waals surface area contributed by atoms with E-state index in [4.69, 9.17) is 14.1 Å². The number of methoxy groups -OCH3 is 1. The molecule has 0 radical (unpaired) electrons. The van der Waals surface area contributed by atoms with Gasteiger partial charge in [0.15, 0.2) is 5.76 Å². The second-order valence-corrected chi connectivity index (χ2v) is 10.3. The molecule has 182 valence electrons. The third-order valence-electron chi connectivity index (χ3n) is 6.28. The topological polar surface area (TPSA) is 84.7 Å². The van der Waals surface area contributed by atoms with Crippen molar-refractivity contribution in [2.75, 3.05) is 26.7 Å². The van der Waals surface area contributed by atoms with Crippen LogP contribution in [0.3, 0.4) is 0 Å². The number of aromatic nitrogens is 1. The maximum absolute atomic E-state index is 12.9. The Kier molecular flexibility index (Phi) is 7.26. The first-order chi connectivity index (χ1) is 17.1. The van der Waals surface area contributed by atoms with Gasteiger partial charge in [0.2, 0.25) is 0 Å². The Morgan fingerprint density at radius 1 is 1.23 bits per heavy atom. The number of carbonyl (C=O) groups excluding carboxylic acids is 2. The number of benzene rings is 1. The lowest BCUT2D eigenvalue weighted by atomic mass is 10.0. The molecular weight excluding hydrogens is 482 g/mol. The average molecular weight is 510 g/mol. The van der Waals surface area contributed by atoms with Crippen LogP contribution in [0.15, 0.2) is 51.6 Å². The fraction of sp³-hybridized carbons (Fsp3) is 0.346. The molecule has 7 nitrogen and oxygen atoms in total. The monoisotopic (exact) mass is 509 g/mol. The minimum atomic E-state index is -0.167. The highest BCUT2D eigenvalue weighted by molar-refractivity contribution is 7.15. The van der Waals surface area contributed by atoms with Crippen molar-refractivity contribution in [3.05, 3.63) is 52.0 Å². The number of ether oxygens (including phenoxy) is 1. The number of hydrogen-bond donors (Lipinski definition) is 1. The zero-order chi connectivity index (χ0) is 24.2. The van der Waals surface area contributed by atoms with Gasteiger partial charge in [-0.2, -0.15) is 0 Å². The largest absolute Gasteiger partial charge is 0.468 e. The van der Waals surface area contributed by atoms with Crippen LogP contribution in [0.5, 0.6) is 0 Å². The van der Waals surface area contributed by atoms with Gasteiger partial charge < -0.3 is 14.5 Å². The van der Waals surface area contributed by atoms with Crippen LogP contribution < -0.4 is 5.32 Å². The molecule has 1 aliphatic heterocycles. The van der Waals surface area contributed by atoms with Gasteiger partial charge in [-0.15, -0.1) is 22.7 Å². The molecule has 4 heterocycles. The van der Waals surface area contributed by atoms with Gasteiger partial charge in [0, 0.05) is 29.4 Å². The number of fused-ring (bicyclic) bond motifs is 1. The molecule has 1 unspecified atom stereocenters. The van der Waals surface area contributed by atoms with E-state index < -0.39 is 0 Å². The number of nitrogens with one attached hydrogen (secondary N) is 1. The van der Waals surface area contributed by atoms with Crippen LogP contribution in [0.2, 0.25) is 0 Å². The van der Waals surface area contributed by atoms with E-state index in [0.717, 1.165) is 71.8 Å². The molecule has 3 aromatic heterocycles. The predicted octanol–water partition coefficient (Wildman–Crippen LogP) is 5.43. The number of rotatable bonds is 8. The van der Waals surface area contributed by atoms with Crippen LogP contribution in [0.1, 0.15) is 35.4 Å². The summed E-state index contributed by atoms with van der Waals surface area (Å²) in [5.74, 6) is 0.457. The zero-order valence-corrected chi connectivity index (χ0v) is 21.1. The van der Waals surface area contributed by atoms with Crippen LogP contribution in [-0.2, 0) is 9.53 Å². The molecule has 1 fully saturated rings. The molecular formula is C26H27N3O4S2. The second kappa shape index (κ2) is 10.7. The van der Waals surface area contributed by atoms with E-state index in [1.54, 1.807) is 0 Å². The summed E-state index contributed by atoms with van der Waals surface area (Å²) in [7, 11) is 1.44. The summed E-state index contributed by atoms with van der Waals surface area (Å²) in [4.78, 5) is 32.6. The highest BCUT2D eigenvalue weighted by Crippen LogP contribution is 2.35. The summed E-state index contributed by atoms with van der Waals surface area (Å²) in [6, 6.07) is 11.6.